The van der Waals surface area contributed by atoms with Gasteiger partial charge >= 0.3 is 5.97 Å². The molecule has 136 valence electrons. The Bertz CT molecular complexity index is 420. The minimum atomic E-state index is -0.159. The number of allylic oxidation sites excluding steroid dienone is 8. The Morgan fingerprint density at radius 1 is 0.917 bits per heavy atom. The quantitative estimate of drug-likeness (QED) is 0.203. The minimum Gasteiger partial charge on any atom is -0.469 e. The molecule has 0 rings (SSSR count). The molecule has 0 unspecified atom stereocenters. The molecular weight excluding hydrogens is 303 g/mol. The third-order valence-corrected chi connectivity index (χ3v) is 3.51. The van der Waals surface area contributed by atoms with Crippen molar-refractivity contribution in [3.05, 3.63) is 48.4 Å². The normalized spacial score (nSPS) is 12.7. The first kappa shape index (κ1) is 22.4. The maximum Gasteiger partial charge on any atom is 0.305 e. The van der Waals surface area contributed by atoms with Gasteiger partial charge < -0.3 is 4.74 Å². The summed E-state index contributed by atoms with van der Waals surface area (Å²) < 4.78 is 18.1. The number of carbonyl (C=O) groups excluding carboxylic acids is 1. The van der Waals surface area contributed by atoms with E-state index in [0.29, 0.717) is 19.3 Å². The molecule has 0 heterocycles. The molecule has 0 radical (unpaired) electrons. The van der Waals surface area contributed by atoms with Crippen molar-refractivity contribution in [2.45, 2.75) is 71.1 Å². The Balaban J connectivity index is 3.63. The van der Waals surface area contributed by atoms with Gasteiger partial charge in [0.2, 0.25) is 0 Å². The monoisotopic (exact) mass is 336 g/mol. The number of rotatable bonds is 14. The topological polar surface area (TPSA) is 26.3 Å². The number of hydrogen-bond acceptors (Lipinski definition) is 2. The first-order valence-electron chi connectivity index (χ1n) is 9.07. The molecular formula is C21H33FO2. The van der Waals surface area contributed by atoms with Gasteiger partial charge in [0.25, 0.3) is 0 Å². The fourth-order valence-corrected chi connectivity index (χ4v) is 2.06. The lowest BCUT2D eigenvalue weighted by molar-refractivity contribution is -0.140. The summed E-state index contributed by atoms with van der Waals surface area (Å²) in [6.45, 7) is 2.18. The number of ether oxygens (including phenoxy) is 1. The number of methoxy groups -OCH3 is 1. The number of carbonyl (C=O) groups is 1. The van der Waals surface area contributed by atoms with Crippen molar-refractivity contribution in [2.24, 2.45) is 0 Å². The van der Waals surface area contributed by atoms with E-state index in [1.54, 1.807) is 6.08 Å². The van der Waals surface area contributed by atoms with Gasteiger partial charge in [-0.2, -0.15) is 0 Å². The maximum absolute atomic E-state index is 13.5. The summed E-state index contributed by atoms with van der Waals surface area (Å²) in [4.78, 5) is 10.9. The molecule has 0 aromatic carbocycles. The molecule has 0 fully saturated rings. The van der Waals surface area contributed by atoms with E-state index >= 15 is 0 Å². The summed E-state index contributed by atoms with van der Waals surface area (Å²) in [6.07, 6.45) is 22.5. The molecule has 0 aliphatic heterocycles. The molecule has 0 aromatic rings. The van der Waals surface area contributed by atoms with Gasteiger partial charge in [-0.25, -0.2) is 4.39 Å². The van der Waals surface area contributed by atoms with Gasteiger partial charge in [-0.15, -0.1) is 0 Å². The zero-order chi connectivity index (χ0) is 17.9. The van der Waals surface area contributed by atoms with Crippen LogP contribution in [0.4, 0.5) is 4.39 Å². The Labute approximate surface area is 147 Å². The van der Waals surface area contributed by atoms with Gasteiger partial charge in [0.05, 0.1) is 7.11 Å². The Kier molecular flexibility index (Phi) is 16.5. The molecule has 2 nitrogen and oxygen atoms in total. The predicted molar refractivity (Wildman–Crippen MR) is 100 cm³/mol. The van der Waals surface area contributed by atoms with Crippen LogP contribution in [0, 0.1) is 0 Å². The Hall–Kier alpha value is -1.64. The van der Waals surface area contributed by atoms with Gasteiger partial charge in [-0.1, -0.05) is 56.2 Å². The van der Waals surface area contributed by atoms with Crippen LogP contribution in [0.25, 0.3) is 0 Å². The lowest BCUT2D eigenvalue weighted by Crippen LogP contribution is -1.98. The summed E-state index contributed by atoms with van der Waals surface area (Å²) in [6, 6.07) is 0. The van der Waals surface area contributed by atoms with Crippen LogP contribution in [-0.2, 0) is 9.53 Å². The van der Waals surface area contributed by atoms with Crippen LogP contribution in [0.5, 0.6) is 0 Å². The van der Waals surface area contributed by atoms with E-state index in [4.69, 9.17) is 0 Å². The largest absolute Gasteiger partial charge is 0.469 e. The van der Waals surface area contributed by atoms with Crippen LogP contribution in [0.15, 0.2) is 48.4 Å². The molecule has 24 heavy (non-hydrogen) atoms. The Morgan fingerprint density at radius 3 is 2.33 bits per heavy atom. The summed E-state index contributed by atoms with van der Waals surface area (Å²) in [5, 5.41) is 0. The van der Waals surface area contributed by atoms with Crippen molar-refractivity contribution in [3.63, 3.8) is 0 Å². The molecule has 0 atom stereocenters. The molecule has 3 heteroatoms. The Morgan fingerprint density at radius 2 is 1.58 bits per heavy atom. The second-order valence-corrected chi connectivity index (χ2v) is 5.70. The average molecular weight is 336 g/mol. The fourth-order valence-electron chi connectivity index (χ4n) is 2.06. The first-order valence-corrected chi connectivity index (χ1v) is 9.07. The van der Waals surface area contributed by atoms with E-state index in [0.717, 1.165) is 25.7 Å². The van der Waals surface area contributed by atoms with Crippen molar-refractivity contribution in [1.29, 1.82) is 0 Å². The van der Waals surface area contributed by atoms with Crippen LogP contribution in [-0.4, -0.2) is 13.1 Å². The number of esters is 1. The van der Waals surface area contributed by atoms with E-state index < -0.39 is 0 Å². The smallest absolute Gasteiger partial charge is 0.305 e. The first-order chi connectivity index (χ1) is 11.7. The molecule has 0 saturated carbocycles. The van der Waals surface area contributed by atoms with Crippen LogP contribution >= 0.6 is 0 Å². The zero-order valence-corrected chi connectivity index (χ0v) is 15.3. The predicted octanol–water partition coefficient (Wildman–Crippen LogP) is 6.60. The van der Waals surface area contributed by atoms with Gasteiger partial charge in [-0.05, 0) is 44.6 Å². The highest BCUT2D eigenvalue weighted by Gasteiger charge is 1.96. The third-order valence-electron chi connectivity index (χ3n) is 3.51. The van der Waals surface area contributed by atoms with Crippen molar-refractivity contribution >= 4 is 5.97 Å². The average Bonchev–Trinajstić information content (AvgIpc) is 2.59. The van der Waals surface area contributed by atoms with Gasteiger partial charge in [0.15, 0.2) is 0 Å². The number of hydrogen-bond donors (Lipinski definition) is 0. The molecule has 0 bridgehead atoms. The van der Waals surface area contributed by atoms with Crippen molar-refractivity contribution in [2.75, 3.05) is 7.11 Å². The van der Waals surface area contributed by atoms with Crippen molar-refractivity contribution in [1.82, 2.24) is 0 Å². The molecule has 0 spiro atoms. The summed E-state index contributed by atoms with van der Waals surface area (Å²) >= 11 is 0. The summed E-state index contributed by atoms with van der Waals surface area (Å²) in [5.41, 5.74) is 0. The van der Waals surface area contributed by atoms with Crippen LogP contribution < -0.4 is 0 Å². The highest BCUT2D eigenvalue weighted by Crippen LogP contribution is 2.08. The maximum atomic E-state index is 13.5. The van der Waals surface area contributed by atoms with Crippen LogP contribution in [0.1, 0.15) is 71.1 Å². The fraction of sp³-hybridized carbons (Fsp3) is 0.571. The van der Waals surface area contributed by atoms with Gasteiger partial charge in [0, 0.05) is 12.8 Å². The summed E-state index contributed by atoms with van der Waals surface area (Å²) in [5.74, 6) is -0.224. The van der Waals surface area contributed by atoms with E-state index in [1.807, 2.05) is 18.2 Å². The van der Waals surface area contributed by atoms with Crippen molar-refractivity contribution in [3.8, 4) is 0 Å². The van der Waals surface area contributed by atoms with E-state index in [2.05, 4.69) is 29.9 Å². The van der Waals surface area contributed by atoms with E-state index in [-0.39, 0.29) is 11.8 Å². The lowest BCUT2D eigenvalue weighted by atomic mass is 10.2. The number of unbranched alkanes of at least 4 members (excludes halogenated alkanes) is 4. The molecule has 0 aliphatic carbocycles. The molecule has 0 saturated heterocycles. The third kappa shape index (κ3) is 16.7. The standard InChI is InChI=1S/C21H33FO2/c1-3-4-5-6-11-14-17-20(22)18-15-12-9-7-8-10-13-16-19-21(23)24-2/h8-12,14,18H,3-7,13,15-17,19H2,1-2H3/b10-8-,12-9-,14-11-,20-18+. The second kappa shape index (κ2) is 17.7. The lowest BCUT2D eigenvalue weighted by Gasteiger charge is -1.95. The van der Waals surface area contributed by atoms with E-state index in [1.165, 1.54) is 26.4 Å². The zero-order valence-electron chi connectivity index (χ0n) is 15.3. The van der Waals surface area contributed by atoms with Gasteiger partial charge in [-0.3, -0.25) is 4.79 Å². The van der Waals surface area contributed by atoms with Crippen molar-refractivity contribution < 1.29 is 13.9 Å². The van der Waals surface area contributed by atoms with E-state index in [9.17, 15) is 9.18 Å². The molecule has 0 N–H and O–H groups in total. The molecule has 0 amide bonds. The molecule has 0 aliphatic rings. The number of halogens is 1. The SMILES string of the molecule is CCCCC/C=C\C/C(F)=C\C/C=C\C/C=C\CCCC(=O)OC. The van der Waals surface area contributed by atoms with Crippen LogP contribution in [0.3, 0.4) is 0 Å². The van der Waals surface area contributed by atoms with Crippen LogP contribution in [0.2, 0.25) is 0 Å². The minimum absolute atomic E-state index is 0.0651. The highest BCUT2D eigenvalue weighted by atomic mass is 19.1. The van der Waals surface area contributed by atoms with Gasteiger partial charge in [0.1, 0.15) is 5.83 Å². The summed E-state index contributed by atoms with van der Waals surface area (Å²) in [7, 11) is 1.41. The second-order valence-electron chi connectivity index (χ2n) is 5.70. The molecule has 0 aromatic heterocycles. The highest BCUT2D eigenvalue weighted by molar-refractivity contribution is 5.69.